The number of anilines is 1. The highest BCUT2D eigenvalue weighted by Gasteiger charge is 2.25. The predicted octanol–water partition coefficient (Wildman–Crippen LogP) is 3.88. The Kier molecular flexibility index (Phi) is 6.99. The smallest absolute Gasteiger partial charge is 0.262 e. The maximum absolute atomic E-state index is 14.0. The fourth-order valence-electron chi connectivity index (χ4n) is 3.09. The van der Waals surface area contributed by atoms with E-state index in [4.69, 9.17) is 9.47 Å². The summed E-state index contributed by atoms with van der Waals surface area (Å²) in [6.45, 7) is 2.16. The summed E-state index contributed by atoms with van der Waals surface area (Å²) in [5, 5.41) is 2.77. The van der Waals surface area contributed by atoms with Crippen LogP contribution in [-0.2, 0) is 16.6 Å². The molecule has 0 fully saturated rings. The van der Waals surface area contributed by atoms with Gasteiger partial charge in [-0.1, -0.05) is 36.4 Å². The zero-order chi connectivity index (χ0) is 23.3. The van der Waals surface area contributed by atoms with Gasteiger partial charge in [-0.3, -0.25) is 9.52 Å². The molecule has 0 aliphatic carbocycles. The third-order valence-electron chi connectivity index (χ3n) is 4.83. The molecule has 0 atom stereocenters. The molecule has 0 aliphatic heterocycles. The van der Waals surface area contributed by atoms with Crippen molar-refractivity contribution in [2.45, 2.75) is 18.4 Å². The van der Waals surface area contributed by atoms with Crippen molar-refractivity contribution in [1.29, 1.82) is 0 Å². The number of methoxy groups -OCH3 is 2. The Bertz CT molecular complexity index is 1240. The minimum absolute atomic E-state index is 0.0330. The molecular formula is C23H23FN2O5S. The van der Waals surface area contributed by atoms with Crippen LogP contribution in [0.1, 0.15) is 21.5 Å². The molecule has 7 nitrogen and oxygen atoms in total. The third kappa shape index (κ3) is 5.00. The summed E-state index contributed by atoms with van der Waals surface area (Å²) in [4.78, 5) is 12.7. The number of nitrogens with one attached hydrogen (secondary N) is 2. The van der Waals surface area contributed by atoms with Crippen LogP contribution in [0, 0.1) is 12.7 Å². The molecule has 168 valence electrons. The van der Waals surface area contributed by atoms with Crippen LogP contribution in [0.4, 0.5) is 10.1 Å². The van der Waals surface area contributed by atoms with Crippen LogP contribution in [0.25, 0.3) is 0 Å². The van der Waals surface area contributed by atoms with Crippen LogP contribution in [-0.4, -0.2) is 28.5 Å². The first kappa shape index (κ1) is 23.1. The first-order valence-electron chi connectivity index (χ1n) is 9.63. The van der Waals surface area contributed by atoms with E-state index in [0.29, 0.717) is 0 Å². The molecule has 3 aromatic rings. The summed E-state index contributed by atoms with van der Waals surface area (Å²) in [5.41, 5.74) is 1.67. The molecule has 3 aromatic carbocycles. The summed E-state index contributed by atoms with van der Waals surface area (Å²) in [7, 11) is -1.55. The van der Waals surface area contributed by atoms with Gasteiger partial charge in [0.05, 0.1) is 30.4 Å². The van der Waals surface area contributed by atoms with E-state index in [-0.39, 0.29) is 34.2 Å². The molecule has 0 aromatic heterocycles. The second-order valence-corrected chi connectivity index (χ2v) is 8.58. The molecule has 0 spiro atoms. The van der Waals surface area contributed by atoms with Crippen LogP contribution in [0.3, 0.4) is 0 Å². The molecule has 32 heavy (non-hydrogen) atoms. The Morgan fingerprint density at radius 2 is 1.69 bits per heavy atom. The van der Waals surface area contributed by atoms with Crippen molar-refractivity contribution in [3.05, 3.63) is 83.2 Å². The molecule has 1 amide bonds. The number of carbonyl (C=O) groups excluding carboxylic acids is 1. The molecule has 0 aliphatic rings. The molecule has 0 heterocycles. The van der Waals surface area contributed by atoms with E-state index in [2.05, 4.69) is 10.0 Å². The highest BCUT2D eigenvalue weighted by atomic mass is 32.2. The topological polar surface area (TPSA) is 93.7 Å². The zero-order valence-electron chi connectivity index (χ0n) is 17.8. The van der Waals surface area contributed by atoms with Gasteiger partial charge in [0.2, 0.25) is 0 Å². The van der Waals surface area contributed by atoms with Gasteiger partial charge in [0.1, 0.15) is 5.82 Å². The van der Waals surface area contributed by atoms with E-state index in [9.17, 15) is 17.6 Å². The highest BCUT2D eigenvalue weighted by Crippen LogP contribution is 2.35. The SMILES string of the molecule is COc1cc(S(=O)(=O)Nc2ccccc2F)cc(C(=O)NCc2ccccc2C)c1OC. The molecule has 2 N–H and O–H groups in total. The van der Waals surface area contributed by atoms with Gasteiger partial charge >= 0.3 is 0 Å². The van der Waals surface area contributed by atoms with Crippen LogP contribution in [0.15, 0.2) is 65.6 Å². The van der Waals surface area contributed by atoms with Crippen LogP contribution in [0.5, 0.6) is 11.5 Å². The van der Waals surface area contributed by atoms with Gasteiger partial charge in [0.15, 0.2) is 11.5 Å². The second kappa shape index (κ2) is 9.69. The highest BCUT2D eigenvalue weighted by molar-refractivity contribution is 7.92. The molecule has 3 rings (SSSR count). The standard InChI is InChI=1S/C23H23FN2O5S/c1-15-8-4-5-9-16(15)14-25-23(27)18-12-17(13-21(30-2)22(18)31-3)32(28,29)26-20-11-7-6-10-19(20)24/h4-13,26H,14H2,1-3H3,(H,25,27). The van der Waals surface area contributed by atoms with Gasteiger partial charge in [-0.05, 0) is 36.2 Å². The van der Waals surface area contributed by atoms with Crippen molar-refractivity contribution in [2.24, 2.45) is 0 Å². The lowest BCUT2D eigenvalue weighted by Crippen LogP contribution is -2.24. The van der Waals surface area contributed by atoms with Crippen molar-refractivity contribution in [3.8, 4) is 11.5 Å². The lowest BCUT2D eigenvalue weighted by atomic mass is 10.1. The van der Waals surface area contributed by atoms with Crippen LogP contribution >= 0.6 is 0 Å². The van der Waals surface area contributed by atoms with E-state index in [0.717, 1.165) is 23.3 Å². The fraction of sp³-hybridized carbons (Fsp3) is 0.174. The monoisotopic (exact) mass is 458 g/mol. The number of carbonyl (C=O) groups is 1. The van der Waals surface area contributed by atoms with Gasteiger partial charge < -0.3 is 14.8 Å². The normalized spacial score (nSPS) is 11.0. The average molecular weight is 459 g/mol. The number of halogens is 1. The van der Waals surface area contributed by atoms with Gasteiger partial charge in [-0.25, -0.2) is 12.8 Å². The quantitative estimate of drug-likeness (QED) is 0.534. The van der Waals surface area contributed by atoms with Crippen molar-refractivity contribution in [1.82, 2.24) is 5.32 Å². The largest absolute Gasteiger partial charge is 0.493 e. The molecule has 0 bridgehead atoms. The number of hydrogen-bond acceptors (Lipinski definition) is 5. The molecule has 9 heteroatoms. The van der Waals surface area contributed by atoms with Crippen molar-refractivity contribution in [2.75, 3.05) is 18.9 Å². The number of amides is 1. The average Bonchev–Trinajstić information content (AvgIpc) is 2.78. The molecule has 0 radical (unpaired) electrons. The summed E-state index contributed by atoms with van der Waals surface area (Å²) >= 11 is 0. The first-order valence-corrected chi connectivity index (χ1v) is 11.1. The summed E-state index contributed by atoms with van der Waals surface area (Å²) in [6.07, 6.45) is 0. The van der Waals surface area contributed by atoms with Crippen molar-refractivity contribution < 1.29 is 27.1 Å². The van der Waals surface area contributed by atoms with E-state index >= 15 is 0 Å². The lowest BCUT2D eigenvalue weighted by Gasteiger charge is -2.16. The van der Waals surface area contributed by atoms with E-state index in [1.54, 1.807) is 0 Å². The maximum Gasteiger partial charge on any atom is 0.262 e. The Balaban J connectivity index is 1.97. The first-order chi connectivity index (χ1) is 15.3. The fourth-order valence-corrected chi connectivity index (χ4v) is 4.20. The minimum Gasteiger partial charge on any atom is -0.493 e. The van der Waals surface area contributed by atoms with Crippen LogP contribution in [0.2, 0.25) is 0 Å². The van der Waals surface area contributed by atoms with Gasteiger partial charge in [0, 0.05) is 12.6 Å². The van der Waals surface area contributed by atoms with Gasteiger partial charge in [-0.15, -0.1) is 0 Å². The Morgan fingerprint density at radius 3 is 2.34 bits per heavy atom. The van der Waals surface area contributed by atoms with Crippen molar-refractivity contribution >= 4 is 21.6 Å². The lowest BCUT2D eigenvalue weighted by molar-refractivity contribution is 0.0947. The number of aryl methyl sites for hydroxylation is 1. The molecular weight excluding hydrogens is 435 g/mol. The minimum atomic E-state index is -4.23. The van der Waals surface area contributed by atoms with Gasteiger partial charge in [-0.2, -0.15) is 0 Å². The number of para-hydroxylation sites is 1. The number of benzene rings is 3. The number of rotatable bonds is 8. The summed E-state index contributed by atoms with van der Waals surface area (Å²) in [5.74, 6) is -1.15. The Hall–Kier alpha value is -3.59. The summed E-state index contributed by atoms with van der Waals surface area (Å²) in [6, 6.07) is 15.3. The van der Waals surface area contributed by atoms with Crippen molar-refractivity contribution in [3.63, 3.8) is 0 Å². The van der Waals surface area contributed by atoms with Gasteiger partial charge in [0.25, 0.3) is 15.9 Å². The molecule has 0 saturated heterocycles. The molecule has 0 unspecified atom stereocenters. The second-order valence-electron chi connectivity index (χ2n) is 6.90. The Labute approximate surface area is 186 Å². The number of hydrogen-bond donors (Lipinski definition) is 2. The predicted molar refractivity (Wildman–Crippen MR) is 119 cm³/mol. The van der Waals surface area contributed by atoms with E-state index < -0.39 is 21.7 Å². The maximum atomic E-state index is 14.0. The molecule has 0 saturated carbocycles. The summed E-state index contributed by atoms with van der Waals surface area (Å²) < 4.78 is 52.5. The third-order valence-corrected chi connectivity index (χ3v) is 6.17. The zero-order valence-corrected chi connectivity index (χ0v) is 18.6. The van der Waals surface area contributed by atoms with Crippen LogP contribution < -0.4 is 19.5 Å². The number of ether oxygens (including phenoxy) is 2. The van der Waals surface area contributed by atoms with E-state index in [1.807, 2.05) is 31.2 Å². The Morgan fingerprint density at radius 1 is 1.00 bits per heavy atom. The van der Waals surface area contributed by atoms with E-state index in [1.165, 1.54) is 38.5 Å². The number of sulfonamides is 1.